The van der Waals surface area contributed by atoms with Crippen molar-refractivity contribution in [2.75, 3.05) is 13.1 Å². The van der Waals surface area contributed by atoms with Gasteiger partial charge >= 0.3 is 0 Å². The molecule has 1 saturated heterocycles. The van der Waals surface area contributed by atoms with Crippen LogP contribution < -0.4 is 5.32 Å². The van der Waals surface area contributed by atoms with Gasteiger partial charge in [0.05, 0.1) is 17.8 Å². The maximum atomic E-state index is 13.7. The minimum absolute atomic E-state index is 0.176. The molecule has 2 N–H and O–H groups in total. The molecule has 3 fully saturated rings. The van der Waals surface area contributed by atoms with Gasteiger partial charge in [-0.05, 0) is 24.7 Å². The Bertz CT molecular complexity index is 1000. The van der Waals surface area contributed by atoms with Crippen molar-refractivity contribution in [2.24, 2.45) is 11.3 Å². The summed E-state index contributed by atoms with van der Waals surface area (Å²) < 4.78 is 15.8. The summed E-state index contributed by atoms with van der Waals surface area (Å²) in [4.78, 5) is 31.8. The monoisotopic (exact) mass is 398 g/mol. The standard InChI is InChI=1S/C20H23FN6O2/c21-13-9-23-25-15(13)17(28)24-14-8-20(27-6-5-22-16(14)27)10-26(11-20)18(29)12-7-19(12)3-1-2-4-19/h5-6,9,12,14H,1-4,7-8,10-11H2,(H,23,25)(H,24,28). The molecule has 152 valence electrons. The highest BCUT2D eigenvalue weighted by molar-refractivity contribution is 5.92. The molecule has 9 heteroatoms. The molecule has 2 aliphatic heterocycles. The molecule has 29 heavy (non-hydrogen) atoms. The molecule has 2 aliphatic carbocycles. The number of H-pyrrole nitrogens is 1. The summed E-state index contributed by atoms with van der Waals surface area (Å²) in [5.41, 5.74) is -0.102. The number of rotatable bonds is 3. The molecule has 4 heterocycles. The molecule has 4 aliphatic rings. The van der Waals surface area contributed by atoms with E-state index in [0.29, 0.717) is 30.8 Å². The van der Waals surface area contributed by atoms with E-state index in [0.717, 1.165) is 18.4 Å². The Kier molecular flexibility index (Phi) is 3.36. The summed E-state index contributed by atoms with van der Waals surface area (Å²) in [6.07, 6.45) is 11.2. The number of aromatic nitrogens is 4. The first-order valence-corrected chi connectivity index (χ1v) is 10.3. The van der Waals surface area contributed by atoms with Gasteiger partial charge in [0.2, 0.25) is 5.91 Å². The van der Waals surface area contributed by atoms with E-state index in [1.54, 1.807) is 6.20 Å². The molecular weight excluding hydrogens is 375 g/mol. The number of nitrogens with zero attached hydrogens (tertiary/aromatic N) is 4. The van der Waals surface area contributed by atoms with Crippen LogP contribution in [0.15, 0.2) is 18.6 Å². The Morgan fingerprint density at radius 1 is 1.24 bits per heavy atom. The second-order valence-electron chi connectivity index (χ2n) is 9.22. The number of fused-ring (bicyclic) bond motifs is 2. The largest absolute Gasteiger partial charge is 0.341 e. The number of carbonyl (C=O) groups is 2. The third kappa shape index (κ3) is 2.36. The lowest BCUT2D eigenvalue weighted by Gasteiger charge is -2.49. The van der Waals surface area contributed by atoms with E-state index in [9.17, 15) is 14.0 Å². The Morgan fingerprint density at radius 2 is 2.03 bits per heavy atom. The van der Waals surface area contributed by atoms with Crippen LogP contribution >= 0.6 is 0 Å². The van der Waals surface area contributed by atoms with Gasteiger partial charge < -0.3 is 14.8 Å². The lowest BCUT2D eigenvalue weighted by atomic mass is 9.85. The highest BCUT2D eigenvalue weighted by Gasteiger charge is 2.62. The average molecular weight is 398 g/mol. The maximum Gasteiger partial charge on any atom is 0.272 e. The van der Waals surface area contributed by atoms with E-state index in [1.807, 2.05) is 11.1 Å². The van der Waals surface area contributed by atoms with E-state index in [4.69, 9.17) is 0 Å². The highest BCUT2D eigenvalue weighted by atomic mass is 19.1. The molecule has 2 amide bonds. The third-order valence-electron chi connectivity index (χ3n) is 7.57. The zero-order chi connectivity index (χ0) is 19.8. The predicted octanol–water partition coefficient (Wildman–Crippen LogP) is 1.74. The number of hydrogen-bond acceptors (Lipinski definition) is 4. The van der Waals surface area contributed by atoms with Gasteiger partial charge in [0, 0.05) is 37.8 Å². The Balaban J connectivity index is 1.16. The number of aromatic amines is 1. The van der Waals surface area contributed by atoms with E-state index >= 15 is 0 Å². The molecule has 8 nitrogen and oxygen atoms in total. The van der Waals surface area contributed by atoms with Crippen LogP contribution in [0.4, 0.5) is 4.39 Å². The fourth-order valence-corrected chi connectivity index (χ4v) is 5.97. The topological polar surface area (TPSA) is 95.9 Å². The second kappa shape index (κ2) is 5.67. The Labute approximate surface area is 166 Å². The van der Waals surface area contributed by atoms with Crippen LogP contribution in [-0.2, 0) is 10.3 Å². The van der Waals surface area contributed by atoms with Crippen LogP contribution in [0.1, 0.15) is 60.9 Å². The normalized spacial score (nSPS) is 27.8. The van der Waals surface area contributed by atoms with Crippen LogP contribution in [-0.4, -0.2) is 49.6 Å². The first-order chi connectivity index (χ1) is 14.0. The fraction of sp³-hybridized carbons (Fsp3) is 0.600. The van der Waals surface area contributed by atoms with Gasteiger partial charge in [-0.2, -0.15) is 5.10 Å². The number of likely N-dealkylation sites (tertiary alicyclic amines) is 1. The van der Waals surface area contributed by atoms with Crippen LogP contribution in [0.25, 0.3) is 0 Å². The molecule has 2 unspecified atom stereocenters. The molecule has 6 rings (SSSR count). The zero-order valence-corrected chi connectivity index (χ0v) is 16.0. The van der Waals surface area contributed by atoms with Crippen molar-refractivity contribution < 1.29 is 14.0 Å². The lowest BCUT2D eigenvalue weighted by molar-refractivity contribution is -0.144. The number of amides is 2. The molecule has 0 radical (unpaired) electrons. The van der Waals surface area contributed by atoms with E-state index in [2.05, 4.69) is 25.1 Å². The maximum absolute atomic E-state index is 13.7. The Morgan fingerprint density at radius 3 is 2.76 bits per heavy atom. The zero-order valence-electron chi connectivity index (χ0n) is 16.0. The van der Waals surface area contributed by atoms with Gasteiger partial charge in [0.15, 0.2) is 11.5 Å². The van der Waals surface area contributed by atoms with Crippen LogP contribution in [0.5, 0.6) is 0 Å². The van der Waals surface area contributed by atoms with Gasteiger partial charge in [0.25, 0.3) is 5.91 Å². The summed E-state index contributed by atoms with van der Waals surface area (Å²) in [6, 6.07) is -0.320. The molecule has 2 saturated carbocycles. The summed E-state index contributed by atoms with van der Waals surface area (Å²) >= 11 is 0. The van der Waals surface area contributed by atoms with Crippen molar-refractivity contribution in [1.29, 1.82) is 0 Å². The molecule has 0 aromatic carbocycles. The fourth-order valence-electron chi connectivity index (χ4n) is 5.97. The number of carbonyl (C=O) groups excluding carboxylic acids is 2. The molecule has 2 aromatic heterocycles. The molecular formula is C20H23FN6O2. The predicted molar refractivity (Wildman–Crippen MR) is 99.2 cm³/mol. The van der Waals surface area contributed by atoms with Crippen molar-refractivity contribution >= 4 is 11.8 Å². The van der Waals surface area contributed by atoms with Crippen molar-refractivity contribution in [3.05, 3.63) is 35.9 Å². The molecule has 2 atom stereocenters. The highest BCUT2D eigenvalue weighted by Crippen LogP contribution is 2.64. The molecule has 0 bridgehead atoms. The van der Waals surface area contributed by atoms with Crippen LogP contribution in [0, 0.1) is 17.2 Å². The van der Waals surface area contributed by atoms with Gasteiger partial charge in [0.1, 0.15) is 5.82 Å². The van der Waals surface area contributed by atoms with Gasteiger partial charge in [-0.15, -0.1) is 0 Å². The number of halogens is 1. The van der Waals surface area contributed by atoms with Gasteiger partial charge in [-0.25, -0.2) is 9.37 Å². The molecule has 2 spiro atoms. The minimum Gasteiger partial charge on any atom is -0.341 e. The van der Waals surface area contributed by atoms with E-state index < -0.39 is 11.7 Å². The third-order valence-corrected chi connectivity index (χ3v) is 7.57. The number of hydrogen-bond donors (Lipinski definition) is 2. The van der Waals surface area contributed by atoms with Crippen molar-refractivity contribution in [2.45, 2.75) is 50.1 Å². The van der Waals surface area contributed by atoms with Crippen molar-refractivity contribution in [3.8, 4) is 0 Å². The molecule has 2 aromatic rings. The van der Waals surface area contributed by atoms with Gasteiger partial charge in [-0.1, -0.05) is 12.8 Å². The van der Waals surface area contributed by atoms with E-state index in [1.165, 1.54) is 25.7 Å². The van der Waals surface area contributed by atoms with E-state index in [-0.39, 0.29) is 23.2 Å². The summed E-state index contributed by atoms with van der Waals surface area (Å²) in [7, 11) is 0. The summed E-state index contributed by atoms with van der Waals surface area (Å²) in [5, 5.41) is 8.83. The van der Waals surface area contributed by atoms with Crippen LogP contribution in [0.3, 0.4) is 0 Å². The summed E-state index contributed by atoms with van der Waals surface area (Å²) in [5.74, 6) is 0.0504. The minimum atomic E-state index is -0.677. The number of nitrogens with one attached hydrogen (secondary N) is 2. The first kappa shape index (κ1) is 17.2. The number of imidazole rings is 1. The Hall–Kier alpha value is -2.71. The average Bonchev–Trinajstić information content (AvgIpc) is 3.16. The lowest BCUT2D eigenvalue weighted by Crippen LogP contribution is -2.63. The smallest absolute Gasteiger partial charge is 0.272 e. The summed E-state index contributed by atoms with van der Waals surface area (Å²) in [6.45, 7) is 1.29. The van der Waals surface area contributed by atoms with Gasteiger partial charge in [-0.3, -0.25) is 14.7 Å². The second-order valence-corrected chi connectivity index (χ2v) is 9.22. The van der Waals surface area contributed by atoms with Crippen molar-refractivity contribution in [1.82, 2.24) is 30.0 Å². The quantitative estimate of drug-likeness (QED) is 0.823. The first-order valence-electron chi connectivity index (χ1n) is 10.3. The van der Waals surface area contributed by atoms with Crippen LogP contribution in [0.2, 0.25) is 0 Å². The van der Waals surface area contributed by atoms with Crippen molar-refractivity contribution in [3.63, 3.8) is 0 Å². The SMILES string of the molecule is O=C(NC1CC2(CN(C(=O)C3CC34CCCC4)C2)n2ccnc21)c1[nH]ncc1F.